The van der Waals surface area contributed by atoms with E-state index >= 15 is 0 Å². The molecule has 2 N–H and O–H groups in total. The zero-order chi connectivity index (χ0) is 23.7. The average Bonchev–Trinajstić information content (AvgIpc) is 3.49. The molecule has 5 rings (SSSR count). The van der Waals surface area contributed by atoms with Gasteiger partial charge in [0.25, 0.3) is 6.43 Å². The predicted molar refractivity (Wildman–Crippen MR) is 120 cm³/mol. The second kappa shape index (κ2) is 9.47. The highest BCUT2D eigenvalue weighted by molar-refractivity contribution is 5.78. The van der Waals surface area contributed by atoms with Gasteiger partial charge in [0.05, 0.1) is 24.2 Å². The summed E-state index contributed by atoms with van der Waals surface area (Å²) in [4.78, 5) is 28.8. The molecular formula is C22H25F2N7O3. The lowest BCUT2D eigenvalue weighted by Gasteiger charge is -2.28. The topological polar surface area (TPSA) is 109 Å². The molecule has 2 aliphatic rings. The molecule has 0 saturated carbocycles. The van der Waals surface area contributed by atoms with Gasteiger partial charge in [-0.15, -0.1) is 0 Å². The SMILES string of the molecule is O=C(CO)N1CC[C@H](Nc2cc(-n3c(C(F)F)nc4ccccc43)nc(N3CCOCC3)n2)C1. The smallest absolute Gasteiger partial charge is 0.296 e. The Hall–Kier alpha value is -3.38. The minimum Gasteiger partial charge on any atom is -0.387 e. The van der Waals surface area contributed by atoms with Gasteiger partial charge in [-0.05, 0) is 18.6 Å². The number of ether oxygens (including phenoxy) is 1. The average molecular weight is 473 g/mol. The molecular weight excluding hydrogens is 448 g/mol. The number of morpholine rings is 1. The highest BCUT2D eigenvalue weighted by Gasteiger charge is 2.27. The van der Waals surface area contributed by atoms with E-state index in [9.17, 15) is 13.6 Å². The molecule has 0 unspecified atom stereocenters. The first kappa shape index (κ1) is 22.4. The van der Waals surface area contributed by atoms with Crippen LogP contribution < -0.4 is 10.2 Å². The molecule has 4 heterocycles. The summed E-state index contributed by atoms with van der Waals surface area (Å²) in [5.74, 6) is 0.437. The number of anilines is 2. The van der Waals surface area contributed by atoms with Crippen LogP contribution in [0.5, 0.6) is 0 Å². The standard InChI is InChI=1S/C22H25F2N7O3/c23-20(24)21-26-15-3-1-2-4-16(15)31(21)18-11-17(25-14-5-6-30(12-14)19(33)13-32)27-22(28-18)29-7-9-34-10-8-29/h1-4,11,14,20,32H,5-10,12-13H2,(H,25,27,28)/t14-/m0/s1. The van der Waals surface area contributed by atoms with Gasteiger partial charge < -0.3 is 25.0 Å². The van der Waals surface area contributed by atoms with Gasteiger partial charge in [-0.2, -0.15) is 9.97 Å². The van der Waals surface area contributed by atoms with Crippen LogP contribution in [0.3, 0.4) is 0 Å². The van der Waals surface area contributed by atoms with Crippen molar-refractivity contribution in [1.29, 1.82) is 0 Å². The number of aliphatic hydroxyl groups excluding tert-OH is 1. The molecule has 0 bridgehead atoms. The lowest BCUT2D eigenvalue weighted by atomic mass is 10.2. The maximum Gasteiger partial charge on any atom is 0.296 e. The van der Waals surface area contributed by atoms with Crippen molar-refractivity contribution in [3.8, 4) is 5.82 Å². The fourth-order valence-electron chi connectivity index (χ4n) is 4.36. The first-order valence-corrected chi connectivity index (χ1v) is 11.2. The van der Waals surface area contributed by atoms with E-state index in [0.29, 0.717) is 68.6 Å². The monoisotopic (exact) mass is 473 g/mol. The van der Waals surface area contributed by atoms with Gasteiger partial charge in [0.2, 0.25) is 11.9 Å². The van der Waals surface area contributed by atoms with Crippen LogP contribution in [0, 0.1) is 0 Å². The number of benzene rings is 1. The third-order valence-corrected chi connectivity index (χ3v) is 6.03. The summed E-state index contributed by atoms with van der Waals surface area (Å²) in [5.41, 5.74) is 0.976. The van der Waals surface area contributed by atoms with Gasteiger partial charge in [-0.1, -0.05) is 12.1 Å². The van der Waals surface area contributed by atoms with Crippen LogP contribution in [0.15, 0.2) is 30.3 Å². The van der Waals surface area contributed by atoms with Crippen molar-refractivity contribution in [2.45, 2.75) is 18.9 Å². The fraction of sp³-hybridized carbons (Fsp3) is 0.455. The fourth-order valence-corrected chi connectivity index (χ4v) is 4.36. The number of fused-ring (bicyclic) bond motifs is 1. The zero-order valence-corrected chi connectivity index (χ0v) is 18.4. The Morgan fingerprint density at radius 1 is 1.18 bits per heavy atom. The minimum absolute atomic E-state index is 0.0927. The number of carbonyl (C=O) groups excluding carboxylic acids is 1. The summed E-state index contributed by atoms with van der Waals surface area (Å²) < 4.78 is 34.7. The van der Waals surface area contributed by atoms with Crippen molar-refractivity contribution in [2.24, 2.45) is 0 Å². The number of hydrogen-bond acceptors (Lipinski definition) is 8. The summed E-state index contributed by atoms with van der Waals surface area (Å²) in [7, 11) is 0. The van der Waals surface area contributed by atoms with E-state index in [1.165, 1.54) is 4.57 Å². The first-order valence-electron chi connectivity index (χ1n) is 11.2. The molecule has 2 aromatic heterocycles. The number of hydrogen-bond donors (Lipinski definition) is 2. The Kier molecular flexibility index (Phi) is 6.24. The Labute approximate surface area is 194 Å². The minimum atomic E-state index is -2.79. The molecule has 1 atom stereocenters. The second-order valence-electron chi connectivity index (χ2n) is 8.23. The largest absolute Gasteiger partial charge is 0.387 e. The predicted octanol–water partition coefficient (Wildman–Crippen LogP) is 1.59. The van der Waals surface area contributed by atoms with E-state index < -0.39 is 13.0 Å². The van der Waals surface area contributed by atoms with Crippen molar-refractivity contribution in [3.63, 3.8) is 0 Å². The number of amides is 1. The third-order valence-electron chi connectivity index (χ3n) is 6.03. The number of aromatic nitrogens is 4. The summed E-state index contributed by atoms with van der Waals surface area (Å²) in [6.07, 6.45) is -2.12. The molecule has 3 aromatic rings. The van der Waals surface area contributed by atoms with Crippen LogP contribution in [-0.4, -0.2) is 87.5 Å². The lowest BCUT2D eigenvalue weighted by molar-refractivity contribution is -0.133. The number of aliphatic hydroxyl groups is 1. The van der Waals surface area contributed by atoms with Crippen molar-refractivity contribution in [2.75, 3.05) is 56.2 Å². The zero-order valence-electron chi connectivity index (χ0n) is 18.4. The molecule has 2 fully saturated rings. The van der Waals surface area contributed by atoms with Crippen LogP contribution in [0.2, 0.25) is 0 Å². The number of imidazole rings is 1. The van der Waals surface area contributed by atoms with Crippen LogP contribution in [0.4, 0.5) is 20.5 Å². The molecule has 10 nitrogen and oxygen atoms in total. The summed E-state index contributed by atoms with van der Waals surface area (Å²) >= 11 is 0. The van der Waals surface area contributed by atoms with Crippen molar-refractivity contribution in [3.05, 3.63) is 36.2 Å². The molecule has 0 spiro atoms. The van der Waals surface area contributed by atoms with E-state index in [-0.39, 0.29) is 23.6 Å². The molecule has 180 valence electrons. The van der Waals surface area contributed by atoms with Gasteiger partial charge in [0, 0.05) is 38.3 Å². The molecule has 0 radical (unpaired) electrons. The van der Waals surface area contributed by atoms with E-state index in [2.05, 4.69) is 20.3 Å². The van der Waals surface area contributed by atoms with Gasteiger partial charge in [0.15, 0.2) is 5.82 Å². The van der Waals surface area contributed by atoms with Crippen molar-refractivity contribution >= 4 is 28.7 Å². The van der Waals surface area contributed by atoms with E-state index in [0.717, 1.165) is 0 Å². The van der Waals surface area contributed by atoms with Crippen molar-refractivity contribution in [1.82, 2.24) is 24.4 Å². The normalized spacial score (nSPS) is 18.8. The first-order chi connectivity index (χ1) is 16.5. The summed E-state index contributed by atoms with van der Waals surface area (Å²) in [6, 6.07) is 8.47. The lowest BCUT2D eigenvalue weighted by Crippen LogP contribution is -2.38. The Morgan fingerprint density at radius 3 is 2.74 bits per heavy atom. The molecule has 1 amide bonds. The Bertz CT molecular complexity index is 1180. The number of likely N-dealkylation sites (tertiary alicyclic amines) is 1. The highest BCUT2D eigenvalue weighted by atomic mass is 19.3. The van der Waals surface area contributed by atoms with Crippen LogP contribution >= 0.6 is 0 Å². The van der Waals surface area contributed by atoms with E-state index in [4.69, 9.17) is 9.84 Å². The van der Waals surface area contributed by atoms with Gasteiger partial charge in [-0.25, -0.2) is 13.8 Å². The molecule has 0 aliphatic carbocycles. The number of carbonyl (C=O) groups is 1. The maximum atomic E-state index is 14.0. The second-order valence-corrected chi connectivity index (χ2v) is 8.23. The van der Waals surface area contributed by atoms with Gasteiger partial charge >= 0.3 is 0 Å². The van der Waals surface area contributed by atoms with E-state index in [1.807, 2.05) is 4.90 Å². The molecule has 2 saturated heterocycles. The number of nitrogens with zero attached hydrogens (tertiary/aromatic N) is 6. The van der Waals surface area contributed by atoms with Gasteiger partial charge in [-0.3, -0.25) is 9.36 Å². The third kappa shape index (κ3) is 4.38. The van der Waals surface area contributed by atoms with Gasteiger partial charge in [0.1, 0.15) is 18.2 Å². The number of rotatable bonds is 6. The maximum absolute atomic E-state index is 14.0. The number of alkyl halides is 2. The van der Waals surface area contributed by atoms with Crippen LogP contribution in [-0.2, 0) is 9.53 Å². The van der Waals surface area contributed by atoms with Crippen LogP contribution in [0.1, 0.15) is 18.7 Å². The number of nitrogens with one attached hydrogen (secondary N) is 1. The Morgan fingerprint density at radius 2 is 1.97 bits per heavy atom. The van der Waals surface area contributed by atoms with E-state index in [1.54, 1.807) is 35.2 Å². The molecule has 12 heteroatoms. The highest BCUT2D eigenvalue weighted by Crippen LogP contribution is 2.29. The Balaban J connectivity index is 1.55. The number of para-hydroxylation sites is 2. The molecule has 1 aromatic carbocycles. The number of halogens is 2. The van der Waals surface area contributed by atoms with Crippen LogP contribution in [0.25, 0.3) is 16.9 Å². The molecule has 2 aliphatic heterocycles. The van der Waals surface area contributed by atoms with Crippen molar-refractivity contribution < 1.29 is 23.4 Å². The molecule has 34 heavy (non-hydrogen) atoms. The summed E-state index contributed by atoms with van der Waals surface area (Å²) in [6.45, 7) is 2.61. The summed E-state index contributed by atoms with van der Waals surface area (Å²) in [5, 5.41) is 12.5. The quantitative estimate of drug-likeness (QED) is 0.556.